The fourth-order valence-electron chi connectivity index (χ4n) is 1.79. The van der Waals surface area contributed by atoms with Crippen molar-refractivity contribution in [3.63, 3.8) is 0 Å². The third-order valence-electron chi connectivity index (χ3n) is 2.66. The quantitative estimate of drug-likeness (QED) is 0.924. The fourth-order valence-corrected chi connectivity index (χ4v) is 1.79. The van der Waals surface area contributed by atoms with Crippen LogP contribution in [0.2, 0.25) is 0 Å². The molecule has 0 aliphatic rings. The van der Waals surface area contributed by atoms with Gasteiger partial charge in [-0.05, 0) is 38.1 Å². The Kier molecular flexibility index (Phi) is 3.93. The van der Waals surface area contributed by atoms with Gasteiger partial charge in [0.25, 0.3) is 5.91 Å². The van der Waals surface area contributed by atoms with E-state index in [-0.39, 0.29) is 11.5 Å². The summed E-state index contributed by atoms with van der Waals surface area (Å²) < 4.78 is 37.8. The van der Waals surface area contributed by atoms with E-state index in [9.17, 15) is 18.0 Å². The van der Waals surface area contributed by atoms with Crippen molar-refractivity contribution in [2.24, 2.45) is 0 Å². The first-order chi connectivity index (χ1) is 9.75. The minimum absolute atomic E-state index is 0.0647. The minimum atomic E-state index is -4.49. The van der Waals surface area contributed by atoms with E-state index in [1.165, 1.54) is 12.1 Å². The van der Waals surface area contributed by atoms with Crippen LogP contribution in [0.3, 0.4) is 0 Å². The Labute approximate surface area is 119 Å². The molecule has 2 aromatic rings. The lowest BCUT2D eigenvalue weighted by Gasteiger charge is -2.09. The highest BCUT2D eigenvalue weighted by Crippen LogP contribution is 2.29. The van der Waals surface area contributed by atoms with Gasteiger partial charge in [0.2, 0.25) is 5.95 Å². The summed E-state index contributed by atoms with van der Waals surface area (Å²) in [7, 11) is 0. The van der Waals surface area contributed by atoms with Crippen LogP contribution < -0.4 is 5.32 Å². The van der Waals surface area contributed by atoms with Crippen molar-refractivity contribution < 1.29 is 18.0 Å². The van der Waals surface area contributed by atoms with Gasteiger partial charge in [-0.2, -0.15) is 13.2 Å². The van der Waals surface area contributed by atoms with E-state index in [1.807, 2.05) is 0 Å². The van der Waals surface area contributed by atoms with E-state index < -0.39 is 17.6 Å². The van der Waals surface area contributed by atoms with Crippen molar-refractivity contribution in [1.29, 1.82) is 0 Å². The Balaban J connectivity index is 2.24. The lowest BCUT2D eigenvalue weighted by Crippen LogP contribution is -2.16. The number of carbonyl (C=O) groups is 1. The number of rotatable bonds is 2. The van der Waals surface area contributed by atoms with Gasteiger partial charge in [0.1, 0.15) is 0 Å². The maximum absolute atomic E-state index is 12.6. The Morgan fingerprint density at radius 2 is 1.71 bits per heavy atom. The number of nitrogens with one attached hydrogen (secondary N) is 1. The zero-order chi connectivity index (χ0) is 15.6. The minimum Gasteiger partial charge on any atom is -0.290 e. The van der Waals surface area contributed by atoms with E-state index in [4.69, 9.17) is 0 Å². The predicted octanol–water partition coefficient (Wildman–Crippen LogP) is 3.36. The topological polar surface area (TPSA) is 54.9 Å². The molecule has 0 bridgehead atoms. The molecule has 0 aliphatic heterocycles. The second-order valence-corrected chi connectivity index (χ2v) is 4.51. The molecule has 1 aromatic heterocycles. The molecular formula is C14H12F3N3O. The molecule has 0 spiro atoms. The van der Waals surface area contributed by atoms with Crippen molar-refractivity contribution in [2.75, 3.05) is 5.32 Å². The summed E-state index contributed by atoms with van der Waals surface area (Å²) in [5, 5.41) is 2.39. The smallest absolute Gasteiger partial charge is 0.290 e. The molecule has 0 atom stereocenters. The van der Waals surface area contributed by atoms with Gasteiger partial charge in [-0.1, -0.05) is 6.07 Å². The van der Waals surface area contributed by atoms with Crippen LogP contribution in [0.4, 0.5) is 19.1 Å². The zero-order valence-electron chi connectivity index (χ0n) is 11.3. The predicted molar refractivity (Wildman–Crippen MR) is 70.9 cm³/mol. The van der Waals surface area contributed by atoms with E-state index in [2.05, 4.69) is 15.3 Å². The molecule has 0 saturated heterocycles. The first-order valence-electron chi connectivity index (χ1n) is 6.06. The third kappa shape index (κ3) is 3.77. The molecule has 0 radical (unpaired) electrons. The van der Waals surface area contributed by atoms with Crippen molar-refractivity contribution in [2.45, 2.75) is 20.0 Å². The van der Waals surface area contributed by atoms with Crippen LogP contribution in [-0.4, -0.2) is 15.9 Å². The molecule has 2 rings (SSSR count). The van der Waals surface area contributed by atoms with E-state index >= 15 is 0 Å². The van der Waals surface area contributed by atoms with E-state index in [0.29, 0.717) is 11.4 Å². The van der Waals surface area contributed by atoms with Gasteiger partial charge >= 0.3 is 6.18 Å². The Morgan fingerprint density at radius 3 is 2.29 bits per heavy atom. The number of amides is 1. The maximum atomic E-state index is 12.6. The number of halogens is 3. The number of aryl methyl sites for hydroxylation is 2. The van der Waals surface area contributed by atoms with Crippen LogP contribution in [0.1, 0.15) is 27.3 Å². The number of nitrogens with zero attached hydrogens (tertiary/aromatic N) is 2. The molecule has 21 heavy (non-hydrogen) atoms. The summed E-state index contributed by atoms with van der Waals surface area (Å²) in [6.07, 6.45) is -4.49. The molecule has 0 unspecified atom stereocenters. The van der Waals surface area contributed by atoms with E-state index in [0.717, 1.165) is 12.1 Å². The normalized spacial score (nSPS) is 11.3. The molecule has 7 heteroatoms. The molecule has 1 amide bonds. The van der Waals surface area contributed by atoms with Crippen LogP contribution in [0.5, 0.6) is 0 Å². The van der Waals surface area contributed by atoms with Crippen LogP contribution in [-0.2, 0) is 6.18 Å². The van der Waals surface area contributed by atoms with Gasteiger partial charge in [-0.3, -0.25) is 10.1 Å². The van der Waals surface area contributed by atoms with Gasteiger partial charge in [0.05, 0.1) is 5.56 Å². The summed E-state index contributed by atoms with van der Waals surface area (Å²) in [6, 6.07) is 5.90. The van der Waals surface area contributed by atoms with Gasteiger partial charge in [0.15, 0.2) is 0 Å². The van der Waals surface area contributed by atoms with Gasteiger partial charge in [-0.25, -0.2) is 9.97 Å². The Morgan fingerprint density at radius 1 is 1.10 bits per heavy atom. The monoisotopic (exact) mass is 295 g/mol. The van der Waals surface area contributed by atoms with Crippen LogP contribution in [0, 0.1) is 13.8 Å². The standard InChI is InChI=1S/C14H12F3N3O/c1-8-6-9(2)19-13(18-8)20-12(21)10-4-3-5-11(7-10)14(15,16)17/h3-7H,1-2H3,(H,18,19,20,21). The number of anilines is 1. The summed E-state index contributed by atoms with van der Waals surface area (Å²) in [5.41, 5.74) is 0.327. The SMILES string of the molecule is Cc1cc(C)nc(NC(=O)c2cccc(C(F)(F)F)c2)n1. The summed E-state index contributed by atoms with van der Waals surface area (Å²) in [6.45, 7) is 3.46. The molecule has 0 saturated carbocycles. The van der Waals surface area contributed by atoms with Crippen molar-refractivity contribution >= 4 is 11.9 Å². The number of aromatic nitrogens is 2. The average molecular weight is 295 g/mol. The zero-order valence-corrected chi connectivity index (χ0v) is 11.3. The molecule has 4 nitrogen and oxygen atoms in total. The number of alkyl halides is 3. The van der Waals surface area contributed by atoms with E-state index in [1.54, 1.807) is 19.9 Å². The highest BCUT2D eigenvalue weighted by molar-refractivity contribution is 6.03. The molecule has 1 N–H and O–H groups in total. The Bertz CT molecular complexity index is 663. The number of hydrogen-bond donors (Lipinski definition) is 1. The molecular weight excluding hydrogens is 283 g/mol. The molecule has 110 valence electrons. The lowest BCUT2D eigenvalue weighted by atomic mass is 10.1. The average Bonchev–Trinajstić information content (AvgIpc) is 2.36. The van der Waals surface area contributed by atoms with Crippen LogP contribution in [0.25, 0.3) is 0 Å². The highest BCUT2D eigenvalue weighted by Gasteiger charge is 2.30. The summed E-state index contributed by atoms with van der Waals surface area (Å²) in [5.74, 6) is -0.624. The van der Waals surface area contributed by atoms with Gasteiger partial charge < -0.3 is 0 Å². The van der Waals surface area contributed by atoms with Gasteiger partial charge in [-0.15, -0.1) is 0 Å². The van der Waals surface area contributed by atoms with Crippen molar-refractivity contribution in [1.82, 2.24) is 9.97 Å². The number of benzene rings is 1. The maximum Gasteiger partial charge on any atom is 0.416 e. The highest BCUT2D eigenvalue weighted by atomic mass is 19.4. The lowest BCUT2D eigenvalue weighted by molar-refractivity contribution is -0.137. The fraction of sp³-hybridized carbons (Fsp3) is 0.214. The van der Waals surface area contributed by atoms with Crippen molar-refractivity contribution in [3.8, 4) is 0 Å². The van der Waals surface area contributed by atoms with Crippen LogP contribution in [0.15, 0.2) is 30.3 Å². The molecule has 1 aromatic carbocycles. The third-order valence-corrected chi connectivity index (χ3v) is 2.66. The second kappa shape index (κ2) is 5.51. The first-order valence-corrected chi connectivity index (χ1v) is 6.06. The van der Waals surface area contributed by atoms with Crippen molar-refractivity contribution in [3.05, 3.63) is 52.8 Å². The number of hydrogen-bond acceptors (Lipinski definition) is 3. The first kappa shape index (κ1) is 15.0. The number of carbonyl (C=O) groups excluding carboxylic acids is 1. The Hall–Kier alpha value is -2.44. The molecule has 0 aliphatic carbocycles. The molecule has 1 heterocycles. The molecule has 0 fully saturated rings. The second-order valence-electron chi connectivity index (χ2n) is 4.51. The van der Waals surface area contributed by atoms with Gasteiger partial charge in [0, 0.05) is 17.0 Å². The van der Waals surface area contributed by atoms with Crippen LogP contribution >= 0.6 is 0 Å². The summed E-state index contributed by atoms with van der Waals surface area (Å²) >= 11 is 0. The largest absolute Gasteiger partial charge is 0.416 e. The summed E-state index contributed by atoms with van der Waals surface area (Å²) in [4.78, 5) is 20.0.